The van der Waals surface area contributed by atoms with Crippen molar-refractivity contribution in [2.75, 3.05) is 6.61 Å². The Balaban J connectivity index is 1.71. The van der Waals surface area contributed by atoms with Crippen molar-refractivity contribution in [2.45, 2.75) is 26.7 Å². The van der Waals surface area contributed by atoms with Crippen LogP contribution < -0.4 is 4.74 Å². The first-order chi connectivity index (χ1) is 8.24. The lowest BCUT2D eigenvalue weighted by atomic mass is 10.2. The second-order valence-electron chi connectivity index (χ2n) is 4.33. The molecule has 2 aromatic rings. The summed E-state index contributed by atoms with van der Waals surface area (Å²) < 4.78 is 10.9. The van der Waals surface area contributed by atoms with E-state index in [1.807, 2.05) is 25.3 Å². The molecule has 0 saturated carbocycles. The van der Waals surface area contributed by atoms with Crippen LogP contribution in [0.15, 0.2) is 41.0 Å². The van der Waals surface area contributed by atoms with Gasteiger partial charge in [0.05, 0.1) is 12.9 Å². The van der Waals surface area contributed by atoms with Crippen LogP contribution in [-0.2, 0) is 6.42 Å². The lowest BCUT2D eigenvalue weighted by Gasteiger charge is -2.05. The van der Waals surface area contributed by atoms with Gasteiger partial charge in [0.1, 0.15) is 11.5 Å². The fourth-order valence-corrected chi connectivity index (χ4v) is 1.73. The average Bonchev–Trinajstić information content (AvgIpc) is 2.73. The number of ether oxygens (including phenoxy) is 1. The van der Waals surface area contributed by atoms with Crippen molar-refractivity contribution >= 4 is 0 Å². The van der Waals surface area contributed by atoms with Crippen molar-refractivity contribution in [3.63, 3.8) is 0 Å². The molecule has 0 aliphatic carbocycles. The van der Waals surface area contributed by atoms with E-state index in [9.17, 15) is 0 Å². The molecule has 1 aromatic heterocycles. The minimum Gasteiger partial charge on any atom is -0.494 e. The molecule has 0 N–H and O–H groups in total. The molecule has 2 rings (SSSR count). The van der Waals surface area contributed by atoms with Gasteiger partial charge in [0.15, 0.2) is 0 Å². The third kappa shape index (κ3) is 3.66. The summed E-state index contributed by atoms with van der Waals surface area (Å²) in [6, 6.07) is 10.2. The zero-order chi connectivity index (χ0) is 12.1. The van der Waals surface area contributed by atoms with Crippen LogP contribution in [0.5, 0.6) is 5.75 Å². The first kappa shape index (κ1) is 11.8. The Morgan fingerprint density at radius 1 is 1.12 bits per heavy atom. The fourth-order valence-electron chi connectivity index (χ4n) is 1.73. The van der Waals surface area contributed by atoms with Gasteiger partial charge in [0.25, 0.3) is 0 Å². The van der Waals surface area contributed by atoms with E-state index in [1.54, 1.807) is 0 Å². The van der Waals surface area contributed by atoms with Crippen LogP contribution in [0.2, 0.25) is 0 Å². The molecule has 0 spiro atoms. The first-order valence-electron chi connectivity index (χ1n) is 5.97. The molecule has 1 aromatic carbocycles. The summed E-state index contributed by atoms with van der Waals surface area (Å²) in [7, 11) is 0. The van der Waals surface area contributed by atoms with Crippen molar-refractivity contribution < 1.29 is 9.15 Å². The van der Waals surface area contributed by atoms with Gasteiger partial charge < -0.3 is 9.15 Å². The summed E-state index contributed by atoms with van der Waals surface area (Å²) >= 11 is 0. The summed E-state index contributed by atoms with van der Waals surface area (Å²) in [6.45, 7) is 4.78. The Morgan fingerprint density at radius 2 is 1.88 bits per heavy atom. The van der Waals surface area contributed by atoms with Crippen LogP contribution in [0.25, 0.3) is 0 Å². The largest absolute Gasteiger partial charge is 0.494 e. The second kappa shape index (κ2) is 5.58. The number of rotatable bonds is 5. The van der Waals surface area contributed by atoms with Crippen molar-refractivity contribution in [1.82, 2.24) is 0 Å². The number of hydrogen-bond acceptors (Lipinski definition) is 2. The van der Waals surface area contributed by atoms with E-state index in [2.05, 4.69) is 25.1 Å². The Kier molecular flexibility index (Phi) is 3.86. The molecule has 0 atom stereocenters. The Bertz CT molecular complexity index is 454. The van der Waals surface area contributed by atoms with Gasteiger partial charge in [0, 0.05) is 0 Å². The van der Waals surface area contributed by atoms with Crippen molar-refractivity contribution in [2.24, 2.45) is 0 Å². The van der Waals surface area contributed by atoms with Crippen molar-refractivity contribution in [3.05, 3.63) is 53.5 Å². The Morgan fingerprint density at radius 3 is 2.53 bits per heavy atom. The third-order valence-corrected chi connectivity index (χ3v) is 2.68. The molecule has 90 valence electrons. The van der Waals surface area contributed by atoms with Gasteiger partial charge in [-0.2, -0.15) is 0 Å². The minimum atomic E-state index is 0.743. The number of benzene rings is 1. The van der Waals surface area contributed by atoms with Gasteiger partial charge in [-0.1, -0.05) is 17.7 Å². The van der Waals surface area contributed by atoms with E-state index in [1.165, 1.54) is 11.1 Å². The standard InChI is InChI=1S/C15H18O2/c1-12-5-7-15(8-6-12)16-9-3-4-14-10-13(2)17-11-14/h5-8,10-11H,3-4,9H2,1-2H3. The topological polar surface area (TPSA) is 22.4 Å². The molecular formula is C15H18O2. The monoisotopic (exact) mass is 230 g/mol. The third-order valence-electron chi connectivity index (χ3n) is 2.68. The van der Waals surface area contributed by atoms with Crippen LogP contribution in [0.3, 0.4) is 0 Å². The molecule has 0 unspecified atom stereocenters. The maximum Gasteiger partial charge on any atom is 0.119 e. The smallest absolute Gasteiger partial charge is 0.119 e. The number of aryl methyl sites for hydroxylation is 3. The lowest BCUT2D eigenvalue weighted by Crippen LogP contribution is -1.98. The molecule has 0 fully saturated rings. The summed E-state index contributed by atoms with van der Waals surface area (Å²) in [5.41, 5.74) is 2.50. The van der Waals surface area contributed by atoms with Gasteiger partial charge >= 0.3 is 0 Å². The van der Waals surface area contributed by atoms with Gasteiger partial charge in [-0.3, -0.25) is 0 Å². The first-order valence-corrected chi connectivity index (χ1v) is 5.97. The van der Waals surface area contributed by atoms with Crippen LogP contribution in [0, 0.1) is 13.8 Å². The lowest BCUT2D eigenvalue weighted by molar-refractivity contribution is 0.311. The summed E-state index contributed by atoms with van der Waals surface area (Å²) in [5.74, 6) is 1.92. The predicted octanol–water partition coefficient (Wildman–Crippen LogP) is 3.91. The molecule has 0 aliphatic rings. The van der Waals surface area contributed by atoms with E-state index >= 15 is 0 Å². The van der Waals surface area contributed by atoms with Crippen LogP contribution in [-0.4, -0.2) is 6.61 Å². The van der Waals surface area contributed by atoms with Crippen LogP contribution in [0.1, 0.15) is 23.3 Å². The number of hydrogen-bond donors (Lipinski definition) is 0. The molecular weight excluding hydrogens is 212 g/mol. The molecule has 2 heteroatoms. The Hall–Kier alpha value is -1.70. The zero-order valence-corrected chi connectivity index (χ0v) is 10.4. The fraction of sp³-hybridized carbons (Fsp3) is 0.333. The molecule has 0 aliphatic heterocycles. The van der Waals surface area contributed by atoms with E-state index in [0.29, 0.717) is 0 Å². The quantitative estimate of drug-likeness (QED) is 0.727. The average molecular weight is 230 g/mol. The minimum absolute atomic E-state index is 0.743. The summed E-state index contributed by atoms with van der Waals surface area (Å²) in [5, 5.41) is 0. The van der Waals surface area contributed by atoms with Gasteiger partial charge in [-0.25, -0.2) is 0 Å². The second-order valence-corrected chi connectivity index (χ2v) is 4.33. The van der Waals surface area contributed by atoms with Crippen molar-refractivity contribution in [3.8, 4) is 5.75 Å². The van der Waals surface area contributed by atoms with Gasteiger partial charge in [-0.05, 0) is 50.5 Å². The molecule has 2 nitrogen and oxygen atoms in total. The normalized spacial score (nSPS) is 10.5. The maximum absolute atomic E-state index is 5.66. The van der Waals surface area contributed by atoms with Crippen molar-refractivity contribution in [1.29, 1.82) is 0 Å². The van der Waals surface area contributed by atoms with E-state index in [0.717, 1.165) is 31.0 Å². The summed E-state index contributed by atoms with van der Waals surface area (Å²) in [6.07, 6.45) is 3.83. The highest BCUT2D eigenvalue weighted by Gasteiger charge is 1.98. The van der Waals surface area contributed by atoms with E-state index in [-0.39, 0.29) is 0 Å². The van der Waals surface area contributed by atoms with E-state index in [4.69, 9.17) is 9.15 Å². The maximum atomic E-state index is 5.66. The van der Waals surface area contributed by atoms with Gasteiger partial charge in [0.2, 0.25) is 0 Å². The zero-order valence-electron chi connectivity index (χ0n) is 10.4. The SMILES string of the molecule is Cc1ccc(OCCCc2coc(C)c2)cc1. The van der Waals surface area contributed by atoms with Crippen LogP contribution >= 0.6 is 0 Å². The summed E-state index contributed by atoms with van der Waals surface area (Å²) in [4.78, 5) is 0. The molecule has 1 heterocycles. The van der Waals surface area contributed by atoms with E-state index < -0.39 is 0 Å². The molecule has 17 heavy (non-hydrogen) atoms. The number of furan rings is 1. The molecule has 0 bridgehead atoms. The highest BCUT2D eigenvalue weighted by Crippen LogP contribution is 2.13. The van der Waals surface area contributed by atoms with Gasteiger partial charge in [-0.15, -0.1) is 0 Å². The Labute approximate surface area is 102 Å². The van der Waals surface area contributed by atoms with Crippen LogP contribution in [0.4, 0.5) is 0 Å². The highest BCUT2D eigenvalue weighted by molar-refractivity contribution is 5.26. The highest BCUT2D eigenvalue weighted by atomic mass is 16.5. The predicted molar refractivity (Wildman–Crippen MR) is 68.4 cm³/mol. The molecule has 0 radical (unpaired) electrons. The molecule has 0 saturated heterocycles. The molecule has 0 amide bonds.